The van der Waals surface area contributed by atoms with Gasteiger partial charge in [0.1, 0.15) is 17.1 Å². The van der Waals surface area contributed by atoms with E-state index in [2.05, 4.69) is 10.3 Å². The summed E-state index contributed by atoms with van der Waals surface area (Å²) in [4.78, 5) is 28.4. The Kier molecular flexibility index (Phi) is 4.08. The molecule has 2 N–H and O–H groups in total. The first-order valence-corrected chi connectivity index (χ1v) is 8.39. The minimum Gasteiger partial charge on any atom is -0.497 e. The third kappa shape index (κ3) is 2.79. The van der Waals surface area contributed by atoms with Gasteiger partial charge in [0.25, 0.3) is 5.91 Å². The molecule has 0 unspecified atom stereocenters. The van der Waals surface area contributed by atoms with Crippen molar-refractivity contribution in [1.29, 1.82) is 0 Å². The monoisotopic (exact) mass is 350 g/mol. The number of aromatic nitrogens is 1. The summed E-state index contributed by atoms with van der Waals surface area (Å²) in [5, 5.41) is 3.41. The lowest BCUT2D eigenvalue weighted by atomic mass is 10.00. The van der Waals surface area contributed by atoms with Gasteiger partial charge in [-0.3, -0.25) is 9.59 Å². The molecule has 0 fully saturated rings. The average molecular weight is 350 g/mol. The molecule has 1 aromatic heterocycles. The molecule has 132 valence electrons. The highest BCUT2D eigenvalue weighted by Crippen LogP contribution is 2.31. The molecule has 6 nitrogen and oxygen atoms in total. The van der Waals surface area contributed by atoms with Crippen molar-refractivity contribution in [2.75, 3.05) is 13.7 Å². The average Bonchev–Trinajstić information content (AvgIpc) is 2.68. The highest BCUT2D eigenvalue weighted by molar-refractivity contribution is 5.97. The Balaban J connectivity index is 1.65. The molecule has 3 aromatic rings. The molecule has 4 rings (SSSR count). The van der Waals surface area contributed by atoms with Crippen molar-refractivity contribution in [3.8, 4) is 11.5 Å². The highest BCUT2D eigenvalue weighted by Gasteiger charge is 2.24. The van der Waals surface area contributed by atoms with Gasteiger partial charge in [-0.1, -0.05) is 18.2 Å². The molecule has 1 amide bonds. The summed E-state index contributed by atoms with van der Waals surface area (Å²) in [6.07, 6.45) is 2.11. The molecule has 1 atom stereocenters. The topological polar surface area (TPSA) is 80.4 Å². The van der Waals surface area contributed by atoms with Gasteiger partial charge in [0, 0.05) is 29.6 Å². The van der Waals surface area contributed by atoms with Gasteiger partial charge in [0.2, 0.25) is 5.43 Å². The van der Waals surface area contributed by atoms with Crippen molar-refractivity contribution in [3.63, 3.8) is 0 Å². The van der Waals surface area contributed by atoms with Crippen molar-refractivity contribution in [2.45, 2.75) is 12.5 Å². The Labute approximate surface area is 149 Å². The summed E-state index contributed by atoms with van der Waals surface area (Å²) in [6, 6.07) is 12.5. The molecule has 26 heavy (non-hydrogen) atoms. The Morgan fingerprint density at radius 3 is 2.96 bits per heavy atom. The zero-order valence-corrected chi connectivity index (χ0v) is 14.2. The number of H-pyrrole nitrogens is 1. The van der Waals surface area contributed by atoms with E-state index in [0.29, 0.717) is 29.7 Å². The number of ether oxygens (including phenoxy) is 2. The smallest absolute Gasteiger partial charge is 0.257 e. The van der Waals surface area contributed by atoms with E-state index in [1.807, 2.05) is 24.3 Å². The number of amides is 1. The van der Waals surface area contributed by atoms with E-state index in [4.69, 9.17) is 9.47 Å². The molecule has 6 heteroatoms. The number of nitrogens with one attached hydrogen (secondary N) is 2. The van der Waals surface area contributed by atoms with Crippen molar-refractivity contribution >= 4 is 16.8 Å². The molecule has 0 saturated heterocycles. The van der Waals surface area contributed by atoms with E-state index in [-0.39, 0.29) is 17.0 Å². The maximum absolute atomic E-state index is 12.7. The fourth-order valence-corrected chi connectivity index (χ4v) is 3.22. The van der Waals surface area contributed by atoms with E-state index in [1.165, 1.54) is 6.20 Å². The van der Waals surface area contributed by atoms with E-state index in [9.17, 15) is 9.59 Å². The number of hydrogen-bond donors (Lipinski definition) is 2. The zero-order valence-electron chi connectivity index (χ0n) is 14.2. The second-order valence-corrected chi connectivity index (χ2v) is 6.14. The minimum atomic E-state index is -0.398. The van der Waals surface area contributed by atoms with Gasteiger partial charge in [0.15, 0.2) is 0 Å². The lowest BCUT2D eigenvalue weighted by molar-refractivity contribution is 0.0923. The van der Waals surface area contributed by atoms with Crippen LogP contribution < -0.4 is 20.2 Å². The van der Waals surface area contributed by atoms with Crippen molar-refractivity contribution < 1.29 is 14.3 Å². The molecule has 1 aliphatic heterocycles. The van der Waals surface area contributed by atoms with Crippen LogP contribution in [0.15, 0.2) is 53.5 Å². The summed E-state index contributed by atoms with van der Waals surface area (Å²) in [7, 11) is 1.56. The summed E-state index contributed by atoms with van der Waals surface area (Å²) in [6.45, 7) is 0.524. The van der Waals surface area contributed by atoms with Gasteiger partial charge < -0.3 is 19.8 Å². The fraction of sp³-hybridized carbons (Fsp3) is 0.200. The van der Waals surface area contributed by atoms with Crippen LogP contribution in [0.25, 0.3) is 10.9 Å². The van der Waals surface area contributed by atoms with E-state index in [0.717, 1.165) is 11.3 Å². The molecular formula is C20H18N2O4. The van der Waals surface area contributed by atoms with Gasteiger partial charge in [-0.2, -0.15) is 0 Å². The van der Waals surface area contributed by atoms with Crippen LogP contribution >= 0.6 is 0 Å². The van der Waals surface area contributed by atoms with Gasteiger partial charge in [-0.25, -0.2) is 0 Å². The van der Waals surface area contributed by atoms with Crippen LogP contribution in [-0.4, -0.2) is 24.6 Å². The van der Waals surface area contributed by atoms with Gasteiger partial charge >= 0.3 is 0 Å². The summed E-state index contributed by atoms with van der Waals surface area (Å²) in [5.74, 6) is 1.01. The first-order chi connectivity index (χ1) is 12.7. The number of pyridine rings is 1. The van der Waals surface area contributed by atoms with Crippen LogP contribution in [0.2, 0.25) is 0 Å². The molecule has 0 bridgehead atoms. The van der Waals surface area contributed by atoms with Crippen LogP contribution in [0.3, 0.4) is 0 Å². The Bertz CT molecular complexity index is 1040. The number of carbonyl (C=O) groups excluding carboxylic acids is 1. The van der Waals surface area contributed by atoms with Gasteiger partial charge in [-0.15, -0.1) is 0 Å². The minimum absolute atomic E-state index is 0.0895. The third-order valence-corrected chi connectivity index (χ3v) is 4.60. The second-order valence-electron chi connectivity index (χ2n) is 6.14. The highest BCUT2D eigenvalue weighted by atomic mass is 16.5. The van der Waals surface area contributed by atoms with Crippen LogP contribution in [0, 0.1) is 0 Å². The number of hydrogen-bond acceptors (Lipinski definition) is 4. The first kappa shape index (κ1) is 16.2. The molecule has 2 aromatic carbocycles. The van der Waals surface area contributed by atoms with E-state index < -0.39 is 5.91 Å². The van der Waals surface area contributed by atoms with Crippen molar-refractivity contribution in [3.05, 3.63) is 70.0 Å². The van der Waals surface area contributed by atoms with Gasteiger partial charge in [0.05, 0.1) is 25.3 Å². The molecule has 0 spiro atoms. The standard InChI is InChI=1S/C20H18N2O4/c1-25-12-6-7-14-17(10-12)21-11-15(19(14)23)20(24)22-16-8-9-26-18-5-3-2-4-13(16)18/h2-7,10-11,16H,8-9H2,1H3,(H,21,23)(H,22,24)/t16-/m1/s1. The quantitative estimate of drug-likeness (QED) is 0.761. The maximum Gasteiger partial charge on any atom is 0.257 e. The maximum atomic E-state index is 12.7. The number of methoxy groups -OCH3 is 1. The van der Waals surface area contributed by atoms with E-state index in [1.54, 1.807) is 25.3 Å². The molecule has 1 aliphatic rings. The molecule has 0 aliphatic carbocycles. The number of benzene rings is 2. The van der Waals surface area contributed by atoms with Crippen LogP contribution in [0.1, 0.15) is 28.4 Å². The first-order valence-electron chi connectivity index (χ1n) is 8.39. The summed E-state index contributed by atoms with van der Waals surface area (Å²) < 4.78 is 10.8. The Morgan fingerprint density at radius 2 is 2.12 bits per heavy atom. The van der Waals surface area contributed by atoms with Crippen LogP contribution in [-0.2, 0) is 0 Å². The second kappa shape index (κ2) is 6.55. The van der Waals surface area contributed by atoms with Crippen molar-refractivity contribution in [2.24, 2.45) is 0 Å². The molecule has 2 heterocycles. The molecule has 0 radical (unpaired) electrons. The third-order valence-electron chi connectivity index (χ3n) is 4.60. The predicted molar refractivity (Wildman–Crippen MR) is 97.9 cm³/mol. The Hall–Kier alpha value is -3.28. The van der Waals surface area contributed by atoms with Crippen LogP contribution in [0.5, 0.6) is 11.5 Å². The Morgan fingerprint density at radius 1 is 1.27 bits per heavy atom. The number of rotatable bonds is 3. The predicted octanol–water partition coefficient (Wildman–Crippen LogP) is 2.79. The summed E-state index contributed by atoms with van der Waals surface area (Å²) >= 11 is 0. The van der Waals surface area contributed by atoms with Gasteiger partial charge in [-0.05, 0) is 18.2 Å². The lowest BCUT2D eigenvalue weighted by Gasteiger charge is -2.26. The van der Waals surface area contributed by atoms with Crippen molar-refractivity contribution in [1.82, 2.24) is 10.3 Å². The fourth-order valence-electron chi connectivity index (χ4n) is 3.22. The summed E-state index contributed by atoms with van der Waals surface area (Å²) in [5.41, 5.74) is 1.34. The number of carbonyl (C=O) groups is 1. The zero-order chi connectivity index (χ0) is 18.1. The lowest BCUT2D eigenvalue weighted by Crippen LogP contribution is -2.34. The normalized spacial score (nSPS) is 15.8. The molecular weight excluding hydrogens is 332 g/mol. The van der Waals surface area contributed by atoms with Crippen LogP contribution in [0.4, 0.5) is 0 Å². The number of aromatic amines is 1. The van der Waals surface area contributed by atoms with E-state index >= 15 is 0 Å². The largest absolute Gasteiger partial charge is 0.497 e. The molecule has 0 saturated carbocycles. The number of para-hydroxylation sites is 1. The SMILES string of the molecule is COc1ccc2c(=O)c(C(=O)N[C@@H]3CCOc4ccccc43)c[nH]c2c1. The number of fused-ring (bicyclic) bond motifs is 2.